The summed E-state index contributed by atoms with van der Waals surface area (Å²) >= 11 is 0. The zero-order valence-electron chi connectivity index (χ0n) is 11.3. The van der Waals surface area contributed by atoms with E-state index in [1.807, 2.05) is 6.92 Å². The molecule has 1 aromatic carbocycles. The summed E-state index contributed by atoms with van der Waals surface area (Å²) in [4.78, 5) is 0. The van der Waals surface area contributed by atoms with Gasteiger partial charge >= 0.3 is 0 Å². The molecule has 0 bridgehead atoms. The number of nitrogens with one attached hydrogen (secondary N) is 1. The van der Waals surface area contributed by atoms with Crippen molar-refractivity contribution in [3.05, 3.63) is 35.4 Å². The standard InChI is InChI=1S/C13H21NO4S/c1-11(7-8-18-2)14-19(16,17)10-13-5-3-12(9-15)4-6-13/h3-6,11,14-15H,7-10H2,1-2H3. The van der Waals surface area contributed by atoms with Crippen molar-refractivity contribution in [1.29, 1.82) is 0 Å². The van der Waals surface area contributed by atoms with Crippen LogP contribution < -0.4 is 4.72 Å². The van der Waals surface area contributed by atoms with Gasteiger partial charge in [-0.2, -0.15) is 0 Å². The lowest BCUT2D eigenvalue weighted by molar-refractivity contribution is 0.188. The van der Waals surface area contributed by atoms with Gasteiger partial charge in [0.05, 0.1) is 12.4 Å². The Kier molecular flexibility index (Phi) is 6.44. The number of ether oxygens (including phenoxy) is 1. The molecule has 19 heavy (non-hydrogen) atoms. The lowest BCUT2D eigenvalue weighted by atomic mass is 10.2. The second kappa shape index (κ2) is 7.59. The first-order chi connectivity index (χ1) is 8.96. The summed E-state index contributed by atoms with van der Waals surface area (Å²) < 4.78 is 31.4. The lowest BCUT2D eigenvalue weighted by Gasteiger charge is -2.13. The van der Waals surface area contributed by atoms with Crippen LogP contribution in [0.2, 0.25) is 0 Å². The van der Waals surface area contributed by atoms with Gasteiger partial charge < -0.3 is 9.84 Å². The lowest BCUT2D eigenvalue weighted by Crippen LogP contribution is -2.34. The normalized spacial score (nSPS) is 13.4. The molecule has 0 saturated heterocycles. The molecule has 1 rings (SSSR count). The molecule has 5 nitrogen and oxygen atoms in total. The highest BCUT2D eigenvalue weighted by Gasteiger charge is 2.15. The van der Waals surface area contributed by atoms with Crippen molar-refractivity contribution >= 4 is 10.0 Å². The number of aliphatic hydroxyl groups excluding tert-OH is 1. The first-order valence-electron chi connectivity index (χ1n) is 6.14. The Balaban J connectivity index is 2.58. The fourth-order valence-electron chi connectivity index (χ4n) is 1.66. The van der Waals surface area contributed by atoms with E-state index in [0.29, 0.717) is 18.6 Å². The Hall–Kier alpha value is -0.950. The molecule has 0 aliphatic carbocycles. The minimum absolute atomic E-state index is 0.0423. The van der Waals surface area contributed by atoms with E-state index < -0.39 is 10.0 Å². The van der Waals surface area contributed by atoms with Crippen LogP contribution in [-0.2, 0) is 27.1 Å². The number of hydrogen-bond donors (Lipinski definition) is 2. The molecule has 6 heteroatoms. The van der Waals surface area contributed by atoms with Crippen LogP contribution in [0.15, 0.2) is 24.3 Å². The maximum atomic E-state index is 11.9. The molecule has 0 aliphatic heterocycles. The van der Waals surface area contributed by atoms with E-state index in [0.717, 1.165) is 5.56 Å². The molecule has 1 unspecified atom stereocenters. The molecular formula is C13H21NO4S. The molecule has 0 aliphatic rings. The van der Waals surface area contributed by atoms with Crippen LogP contribution in [0.1, 0.15) is 24.5 Å². The van der Waals surface area contributed by atoms with E-state index >= 15 is 0 Å². The van der Waals surface area contributed by atoms with Crippen molar-refractivity contribution in [3.63, 3.8) is 0 Å². The predicted molar refractivity (Wildman–Crippen MR) is 74.1 cm³/mol. The Morgan fingerprint density at radius 3 is 2.37 bits per heavy atom. The second-order valence-corrected chi connectivity index (χ2v) is 6.29. The summed E-state index contributed by atoms with van der Waals surface area (Å²) in [5.74, 6) is -0.0595. The SMILES string of the molecule is COCCC(C)NS(=O)(=O)Cc1ccc(CO)cc1. The number of hydrogen-bond acceptors (Lipinski definition) is 4. The first kappa shape index (κ1) is 16.1. The third kappa shape index (κ3) is 6.15. The molecular weight excluding hydrogens is 266 g/mol. The highest BCUT2D eigenvalue weighted by Crippen LogP contribution is 2.08. The van der Waals surface area contributed by atoms with Crippen LogP contribution in [0.5, 0.6) is 0 Å². The second-order valence-electron chi connectivity index (χ2n) is 4.53. The van der Waals surface area contributed by atoms with Gasteiger partial charge in [0, 0.05) is 19.8 Å². The highest BCUT2D eigenvalue weighted by molar-refractivity contribution is 7.88. The summed E-state index contributed by atoms with van der Waals surface area (Å²) in [5.41, 5.74) is 1.46. The minimum atomic E-state index is -3.35. The fourth-order valence-corrected chi connectivity index (χ4v) is 3.11. The number of benzene rings is 1. The minimum Gasteiger partial charge on any atom is -0.392 e. The van der Waals surface area contributed by atoms with Gasteiger partial charge in [-0.05, 0) is 24.5 Å². The third-order valence-electron chi connectivity index (χ3n) is 2.70. The largest absolute Gasteiger partial charge is 0.392 e. The van der Waals surface area contributed by atoms with Crippen molar-refractivity contribution in [2.75, 3.05) is 13.7 Å². The van der Waals surface area contributed by atoms with Crippen molar-refractivity contribution in [2.24, 2.45) is 0 Å². The monoisotopic (exact) mass is 287 g/mol. The zero-order chi connectivity index (χ0) is 14.3. The molecule has 1 atom stereocenters. The average Bonchev–Trinajstić information content (AvgIpc) is 2.36. The number of rotatable bonds is 8. The smallest absolute Gasteiger partial charge is 0.216 e. The van der Waals surface area contributed by atoms with Gasteiger partial charge in [0.15, 0.2) is 0 Å². The van der Waals surface area contributed by atoms with Crippen molar-refractivity contribution < 1.29 is 18.3 Å². The van der Waals surface area contributed by atoms with Gasteiger partial charge in [0.2, 0.25) is 10.0 Å². The van der Waals surface area contributed by atoms with Gasteiger partial charge in [-0.15, -0.1) is 0 Å². The number of methoxy groups -OCH3 is 1. The Labute approximate surface area is 114 Å². The van der Waals surface area contributed by atoms with Crippen LogP contribution >= 0.6 is 0 Å². The van der Waals surface area contributed by atoms with E-state index in [9.17, 15) is 8.42 Å². The van der Waals surface area contributed by atoms with Crippen LogP contribution in [0.25, 0.3) is 0 Å². The van der Waals surface area contributed by atoms with Crippen molar-refractivity contribution in [1.82, 2.24) is 4.72 Å². The van der Waals surface area contributed by atoms with E-state index in [2.05, 4.69) is 4.72 Å². The summed E-state index contributed by atoms with van der Waals surface area (Å²) in [7, 11) is -1.76. The van der Waals surface area contributed by atoms with E-state index in [4.69, 9.17) is 9.84 Å². The Morgan fingerprint density at radius 2 is 1.84 bits per heavy atom. The van der Waals surface area contributed by atoms with E-state index in [1.165, 1.54) is 0 Å². The van der Waals surface area contributed by atoms with Crippen molar-refractivity contribution in [2.45, 2.75) is 31.7 Å². The van der Waals surface area contributed by atoms with Gasteiger partial charge in [-0.25, -0.2) is 13.1 Å². The quantitative estimate of drug-likeness (QED) is 0.748. The summed E-state index contributed by atoms with van der Waals surface area (Å²) in [6, 6.07) is 6.72. The molecule has 0 heterocycles. The number of aliphatic hydroxyl groups is 1. The van der Waals surface area contributed by atoms with E-state index in [1.54, 1.807) is 31.4 Å². The first-order valence-corrected chi connectivity index (χ1v) is 7.79. The summed E-state index contributed by atoms with van der Waals surface area (Å²) in [6.07, 6.45) is 0.638. The predicted octanol–water partition coefficient (Wildman–Crippen LogP) is 1.02. The molecule has 108 valence electrons. The third-order valence-corrected chi connectivity index (χ3v) is 4.17. The van der Waals surface area contributed by atoms with Crippen LogP contribution in [0, 0.1) is 0 Å². The van der Waals surface area contributed by atoms with Gasteiger partial charge in [0.1, 0.15) is 0 Å². The number of sulfonamides is 1. The molecule has 0 spiro atoms. The molecule has 0 amide bonds. The molecule has 0 fully saturated rings. The molecule has 0 radical (unpaired) electrons. The molecule has 0 saturated carbocycles. The van der Waals surface area contributed by atoms with Crippen LogP contribution in [-0.4, -0.2) is 33.3 Å². The van der Waals surface area contributed by atoms with Crippen molar-refractivity contribution in [3.8, 4) is 0 Å². The summed E-state index contributed by atoms with van der Waals surface area (Å²) in [5, 5.41) is 8.92. The molecule has 2 N–H and O–H groups in total. The van der Waals surface area contributed by atoms with Gasteiger partial charge in [0.25, 0.3) is 0 Å². The molecule has 1 aromatic rings. The van der Waals surface area contributed by atoms with Crippen LogP contribution in [0.3, 0.4) is 0 Å². The highest BCUT2D eigenvalue weighted by atomic mass is 32.2. The Bertz CT molecular complexity index is 470. The average molecular weight is 287 g/mol. The van der Waals surface area contributed by atoms with E-state index in [-0.39, 0.29) is 18.4 Å². The fraction of sp³-hybridized carbons (Fsp3) is 0.538. The molecule has 0 aromatic heterocycles. The topological polar surface area (TPSA) is 75.6 Å². The zero-order valence-corrected chi connectivity index (χ0v) is 12.1. The maximum absolute atomic E-state index is 11.9. The van der Waals surface area contributed by atoms with Gasteiger partial charge in [-0.3, -0.25) is 0 Å². The van der Waals surface area contributed by atoms with Crippen LogP contribution in [0.4, 0.5) is 0 Å². The maximum Gasteiger partial charge on any atom is 0.216 e. The van der Waals surface area contributed by atoms with Gasteiger partial charge in [-0.1, -0.05) is 24.3 Å². The Morgan fingerprint density at radius 1 is 1.26 bits per heavy atom. The summed E-state index contributed by atoms with van der Waals surface area (Å²) in [6.45, 7) is 2.29.